The Kier molecular flexibility index (Phi) is 6.47. The Balaban J connectivity index is 1.46. The number of halogens is 1. The molecule has 5 aliphatic carbocycles. The Labute approximate surface area is 250 Å². The summed E-state index contributed by atoms with van der Waals surface area (Å²) in [6.45, 7) is 15.5. The molecule has 0 heterocycles. The number of rotatable bonds is 2. The second kappa shape index (κ2) is 9.13. The smallest absolute Gasteiger partial charge is 0.309 e. The first kappa shape index (κ1) is 29.8. The molecule has 0 radical (unpaired) electrons. The minimum atomic E-state index is -0.770. The first-order chi connectivity index (χ1) is 19.4. The molecule has 1 aromatic carbocycles. The van der Waals surface area contributed by atoms with Crippen LogP contribution >= 0.6 is 0 Å². The number of fused-ring (bicyclic) bond motifs is 7. The molecule has 9 atom stereocenters. The van der Waals surface area contributed by atoms with Crippen LogP contribution in [0.2, 0.25) is 0 Å². The highest BCUT2D eigenvalue weighted by Crippen LogP contribution is 2.75. The number of aliphatic hydroxyl groups is 1. The summed E-state index contributed by atoms with van der Waals surface area (Å²) < 4.78 is 14.1. The first-order valence-electron chi connectivity index (χ1n) is 16.0. The molecule has 4 saturated carbocycles. The topological polar surface area (TPSA) is 74.6 Å². The van der Waals surface area contributed by atoms with E-state index in [0.717, 1.165) is 43.2 Å². The fourth-order valence-electron chi connectivity index (χ4n) is 11.4. The van der Waals surface area contributed by atoms with Gasteiger partial charge in [-0.1, -0.05) is 65.3 Å². The third-order valence-corrected chi connectivity index (χ3v) is 14.1. The summed E-state index contributed by atoms with van der Waals surface area (Å²) in [7, 11) is 0. The van der Waals surface area contributed by atoms with Crippen LogP contribution in [0.5, 0.6) is 0 Å². The largest absolute Gasteiger partial charge is 0.481 e. The minimum absolute atomic E-state index is 0.0166. The van der Waals surface area contributed by atoms with Crippen molar-refractivity contribution in [3.05, 3.63) is 52.9 Å². The van der Waals surface area contributed by atoms with Crippen molar-refractivity contribution >= 4 is 17.8 Å². The number of benzene rings is 1. The van der Waals surface area contributed by atoms with E-state index in [1.165, 1.54) is 17.7 Å². The molecule has 4 fully saturated rings. The number of carbonyl (C=O) groups is 2. The van der Waals surface area contributed by atoms with Crippen LogP contribution in [0.1, 0.15) is 105 Å². The molecule has 228 valence electrons. The Morgan fingerprint density at radius 3 is 2.36 bits per heavy atom. The normalized spacial score (nSPS) is 47.0. The lowest BCUT2D eigenvalue weighted by Crippen LogP contribution is -2.67. The quantitative estimate of drug-likeness (QED) is 0.372. The van der Waals surface area contributed by atoms with E-state index in [4.69, 9.17) is 0 Å². The van der Waals surface area contributed by atoms with E-state index < -0.39 is 22.9 Å². The number of ketones is 1. The molecule has 4 nitrogen and oxygen atoms in total. The lowest BCUT2D eigenvalue weighted by atomic mass is 9.33. The van der Waals surface area contributed by atoms with Crippen molar-refractivity contribution in [1.29, 1.82) is 0 Å². The fraction of sp³-hybridized carbons (Fsp3) is 0.676. The molecule has 0 unspecified atom stereocenters. The average molecular weight is 577 g/mol. The van der Waals surface area contributed by atoms with Crippen molar-refractivity contribution in [2.75, 3.05) is 0 Å². The molecule has 0 amide bonds. The zero-order valence-corrected chi connectivity index (χ0v) is 26.5. The van der Waals surface area contributed by atoms with Gasteiger partial charge < -0.3 is 10.2 Å². The summed E-state index contributed by atoms with van der Waals surface area (Å²) >= 11 is 0. The molecule has 0 aliphatic heterocycles. The number of hydrogen-bond acceptors (Lipinski definition) is 3. The van der Waals surface area contributed by atoms with Gasteiger partial charge in [0.15, 0.2) is 5.78 Å². The predicted molar refractivity (Wildman–Crippen MR) is 163 cm³/mol. The van der Waals surface area contributed by atoms with Crippen molar-refractivity contribution in [3.8, 4) is 0 Å². The van der Waals surface area contributed by atoms with Crippen molar-refractivity contribution in [2.24, 2.45) is 50.2 Å². The highest BCUT2D eigenvalue weighted by molar-refractivity contribution is 5.96. The van der Waals surface area contributed by atoms with Crippen LogP contribution in [0.3, 0.4) is 0 Å². The maximum atomic E-state index is 14.6. The van der Waals surface area contributed by atoms with Crippen molar-refractivity contribution in [2.45, 2.75) is 106 Å². The Hall–Kier alpha value is -2.27. The van der Waals surface area contributed by atoms with Gasteiger partial charge in [0.25, 0.3) is 0 Å². The molecule has 0 bridgehead atoms. The number of hydrogen-bond donors (Lipinski definition) is 2. The van der Waals surface area contributed by atoms with Gasteiger partial charge in [-0.25, -0.2) is 4.39 Å². The molecular formula is C37H49FO4. The predicted octanol–water partition coefficient (Wildman–Crippen LogP) is 8.25. The van der Waals surface area contributed by atoms with Crippen molar-refractivity contribution in [1.82, 2.24) is 0 Å². The van der Waals surface area contributed by atoms with Gasteiger partial charge in [0, 0.05) is 5.92 Å². The number of aliphatic carboxylic acids is 1. The van der Waals surface area contributed by atoms with Gasteiger partial charge in [-0.3, -0.25) is 9.59 Å². The first-order valence-corrected chi connectivity index (χ1v) is 16.0. The molecule has 0 spiro atoms. The number of carboxylic acid groups (broad SMARTS) is 1. The Morgan fingerprint density at radius 1 is 1.00 bits per heavy atom. The molecule has 6 rings (SSSR count). The molecule has 42 heavy (non-hydrogen) atoms. The summed E-state index contributed by atoms with van der Waals surface area (Å²) in [6.07, 6.45) is 9.91. The van der Waals surface area contributed by atoms with E-state index in [1.807, 2.05) is 25.1 Å². The van der Waals surface area contributed by atoms with Crippen molar-refractivity contribution in [3.63, 3.8) is 0 Å². The molecule has 5 heteroatoms. The molecule has 1 aromatic rings. The number of carboxylic acids is 1. The van der Waals surface area contributed by atoms with Gasteiger partial charge >= 0.3 is 5.97 Å². The van der Waals surface area contributed by atoms with Crippen LogP contribution in [0.15, 0.2) is 41.5 Å². The summed E-state index contributed by atoms with van der Waals surface area (Å²) in [5.74, 6) is -0.810. The van der Waals surface area contributed by atoms with Crippen molar-refractivity contribution < 1.29 is 24.2 Å². The van der Waals surface area contributed by atoms with Crippen LogP contribution in [0.4, 0.5) is 4.39 Å². The van der Waals surface area contributed by atoms with Gasteiger partial charge in [0.1, 0.15) is 5.82 Å². The van der Waals surface area contributed by atoms with Crippen LogP contribution in [-0.2, 0) is 9.59 Å². The van der Waals surface area contributed by atoms with E-state index in [2.05, 4.69) is 41.5 Å². The Morgan fingerprint density at radius 2 is 1.69 bits per heavy atom. The monoisotopic (exact) mass is 576 g/mol. The maximum absolute atomic E-state index is 14.6. The molecule has 0 saturated heterocycles. The SMILES string of the molecule is CC1(C)[C@@H](O)/C(=C/c2cccc(F)c2)C[C@]2(C)[C@H]3C(=O)C=C4[C@@H]5C[C@@](C)(C(=O)O)CC[C@]5(C)CC[C@@]4(C)[C@]3(C)CC[C@@H]12. The van der Waals surface area contributed by atoms with Crippen LogP contribution in [0, 0.1) is 56.1 Å². The van der Waals surface area contributed by atoms with Gasteiger partial charge in [-0.2, -0.15) is 0 Å². The second-order valence-electron chi connectivity index (χ2n) is 16.7. The average Bonchev–Trinajstić information content (AvgIpc) is 2.89. The summed E-state index contributed by atoms with van der Waals surface area (Å²) in [4.78, 5) is 27.0. The second-order valence-corrected chi connectivity index (χ2v) is 16.7. The van der Waals surface area contributed by atoms with E-state index in [1.54, 1.807) is 6.07 Å². The standard InChI is InChI=1S/C37H49FO4/c1-32(2)28-11-12-37(7)29(35(28,5)20-23(30(32)40)17-22-9-8-10-24(38)18-22)27(39)19-25-26-21-34(4,31(41)42)14-13-33(26,3)15-16-36(25,37)6/h8-10,17-19,26,28-30,40H,11-16,20-21H2,1-7H3,(H,41,42)/b23-17+/t26-,28-,29+,30-,33+,34-,35-,36+,37+/m0/s1. The Bertz CT molecular complexity index is 1410. The molecule has 2 N–H and O–H groups in total. The molecule has 0 aromatic heterocycles. The maximum Gasteiger partial charge on any atom is 0.309 e. The number of allylic oxidation sites excluding steroid dienone is 2. The third-order valence-electron chi connectivity index (χ3n) is 14.1. The summed E-state index contributed by atoms with van der Waals surface area (Å²) in [5.41, 5.74) is 0.761. The zero-order valence-electron chi connectivity index (χ0n) is 26.5. The van der Waals surface area contributed by atoms with E-state index in [0.29, 0.717) is 19.3 Å². The molecular weight excluding hydrogens is 527 g/mol. The van der Waals surface area contributed by atoms with E-state index >= 15 is 0 Å². The van der Waals surface area contributed by atoms with Crippen LogP contribution in [0.25, 0.3) is 6.08 Å². The lowest BCUT2D eigenvalue weighted by Gasteiger charge is -2.70. The minimum Gasteiger partial charge on any atom is -0.481 e. The summed E-state index contributed by atoms with van der Waals surface area (Å²) in [6, 6.07) is 6.49. The third kappa shape index (κ3) is 3.87. The lowest BCUT2D eigenvalue weighted by molar-refractivity contribution is -0.191. The molecule has 5 aliphatic rings. The zero-order chi connectivity index (χ0) is 30.7. The van der Waals surface area contributed by atoms with Gasteiger partial charge in [-0.05, 0) is 127 Å². The van der Waals surface area contributed by atoms with Gasteiger partial charge in [-0.15, -0.1) is 0 Å². The van der Waals surface area contributed by atoms with Gasteiger partial charge in [0.05, 0.1) is 11.5 Å². The van der Waals surface area contributed by atoms with Crippen LogP contribution in [-0.4, -0.2) is 28.1 Å². The number of carbonyl (C=O) groups excluding carboxylic acids is 1. The number of aliphatic hydroxyl groups excluding tert-OH is 1. The van der Waals surface area contributed by atoms with Gasteiger partial charge in [0.2, 0.25) is 0 Å². The summed E-state index contributed by atoms with van der Waals surface area (Å²) in [5, 5.41) is 21.9. The van der Waals surface area contributed by atoms with E-state index in [-0.39, 0.29) is 51.0 Å². The highest BCUT2D eigenvalue weighted by atomic mass is 19.1. The highest BCUT2D eigenvalue weighted by Gasteiger charge is 2.70. The van der Waals surface area contributed by atoms with Crippen LogP contribution < -0.4 is 0 Å². The van der Waals surface area contributed by atoms with E-state index in [9.17, 15) is 24.2 Å². The fourth-order valence-corrected chi connectivity index (χ4v) is 11.4.